The molecule has 0 aliphatic carbocycles. The molecule has 0 bridgehead atoms. The molecule has 1 aromatic heterocycles. The lowest BCUT2D eigenvalue weighted by Gasteiger charge is -2.26. The van der Waals surface area contributed by atoms with Crippen LogP contribution in [-0.2, 0) is 9.59 Å². The second-order valence-electron chi connectivity index (χ2n) is 8.75. The predicted octanol–water partition coefficient (Wildman–Crippen LogP) is 3.28. The molecule has 1 saturated heterocycles. The van der Waals surface area contributed by atoms with Crippen molar-refractivity contribution >= 4 is 17.9 Å². The highest BCUT2D eigenvalue weighted by Gasteiger charge is 2.12. The fourth-order valence-corrected chi connectivity index (χ4v) is 4.19. The number of hydrogen-bond acceptors (Lipinski definition) is 5. The van der Waals surface area contributed by atoms with E-state index in [9.17, 15) is 9.59 Å². The summed E-state index contributed by atoms with van der Waals surface area (Å²) in [6.07, 6.45) is 8.76. The summed E-state index contributed by atoms with van der Waals surface area (Å²) in [6, 6.07) is 17.4. The Kier molecular flexibility index (Phi) is 8.88. The topological polar surface area (TPSA) is 88.5 Å². The summed E-state index contributed by atoms with van der Waals surface area (Å²) < 4.78 is 7.05. The maximum Gasteiger partial charge on any atom is 0.244 e. The third-order valence-corrected chi connectivity index (χ3v) is 6.16. The number of para-hydroxylation sites is 1. The van der Waals surface area contributed by atoms with Gasteiger partial charge in [-0.05, 0) is 68.4 Å². The number of nitrogens with zero attached hydrogens (tertiary/aromatic N) is 3. The fourth-order valence-electron chi connectivity index (χ4n) is 4.19. The van der Waals surface area contributed by atoms with Gasteiger partial charge in [-0.2, -0.15) is 5.10 Å². The molecular formula is C28H33N5O3. The van der Waals surface area contributed by atoms with E-state index in [1.165, 1.54) is 25.3 Å². The minimum absolute atomic E-state index is 0.0578. The van der Waals surface area contributed by atoms with Gasteiger partial charge in [0.05, 0.1) is 25.0 Å². The van der Waals surface area contributed by atoms with Gasteiger partial charge in [0.15, 0.2) is 0 Å². The van der Waals surface area contributed by atoms with E-state index >= 15 is 0 Å². The Morgan fingerprint density at radius 1 is 1.00 bits per heavy atom. The van der Waals surface area contributed by atoms with E-state index in [0.29, 0.717) is 6.54 Å². The zero-order chi connectivity index (χ0) is 25.2. The third-order valence-electron chi connectivity index (χ3n) is 6.16. The van der Waals surface area contributed by atoms with E-state index in [1.807, 2.05) is 60.8 Å². The van der Waals surface area contributed by atoms with Gasteiger partial charge in [-0.3, -0.25) is 9.59 Å². The van der Waals surface area contributed by atoms with Crippen molar-refractivity contribution in [3.05, 3.63) is 72.4 Å². The van der Waals surface area contributed by atoms with Crippen LogP contribution in [0, 0.1) is 0 Å². The van der Waals surface area contributed by atoms with E-state index < -0.39 is 0 Å². The molecule has 0 saturated carbocycles. The van der Waals surface area contributed by atoms with Crippen LogP contribution in [0.2, 0.25) is 0 Å². The first kappa shape index (κ1) is 25.2. The largest absolute Gasteiger partial charge is 0.497 e. The Bertz CT molecular complexity index is 1170. The Morgan fingerprint density at radius 3 is 2.47 bits per heavy atom. The molecule has 1 aliphatic heterocycles. The van der Waals surface area contributed by atoms with E-state index in [1.54, 1.807) is 17.9 Å². The highest BCUT2D eigenvalue weighted by atomic mass is 16.5. The lowest BCUT2D eigenvalue weighted by atomic mass is 10.1. The normalized spacial score (nSPS) is 14.0. The number of piperidine rings is 1. The Hall–Kier alpha value is -3.91. The standard InChI is InChI=1S/C28H33N5O3/c1-36-25-13-10-22(11-14-25)28-23(21-33(31-28)24-8-4-2-5-9-24)12-15-26(34)30-20-27(35)29-16-19-32-17-6-3-7-18-32/h2,4-5,8-15,21H,3,6-7,16-20H2,1H3,(H,29,35)(H,30,34)/b15-12+. The van der Waals surface area contributed by atoms with Gasteiger partial charge in [-0.25, -0.2) is 4.68 Å². The highest BCUT2D eigenvalue weighted by Crippen LogP contribution is 2.26. The van der Waals surface area contributed by atoms with Gasteiger partial charge < -0.3 is 20.3 Å². The quantitative estimate of drug-likeness (QED) is 0.429. The summed E-state index contributed by atoms with van der Waals surface area (Å²) in [5, 5.41) is 10.3. The number of nitrogens with one attached hydrogen (secondary N) is 2. The summed E-state index contributed by atoms with van der Waals surface area (Å²) in [6.45, 7) is 3.57. The van der Waals surface area contributed by atoms with Gasteiger partial charge in [-0.15, -0.1) is 0 Å². The number of hydrogen-bond donors (Lipinski definition) is 2. The van der Waals surface area contributed by atoms with Crippen molar-refractivity contribution in [1.82, 2.24) is 25.3 Å². The zero-order valence-corrected chi connectivity index (χ0v) is 20.7. The van der Waals surface area contributed by atoms with E-state index in [0.717, 1.165) is 47.9 Å². The first-order valence-corrected chi connectivity index (χ1v) is 12.4. The number of methoxy groups -OCH3 is 1. The summed E-state index contributed by atoms with van der Waals surface area (Å²) >= 11 is 0. The third kappa shape index (κ3) is 7.05. The highest BCUT2D eigenvalue weighted by molar-refractivity contribution is 5.95. The van der Waals surface area contributed by atoms with Crippen molar-refractivity contribution in [1.29, 1.82) is 0 Å². The number of aromatic nitrogens is 2. The SMILES string of the molecule is COc1ccc(-c2nn(-c3ccccc3)cc2/C=C/C(=O)NCC(=O)NCCN2CCCCC2)cc1. The number of rotatable bonds is 10. The molecule has 0 unspecified atom stereocenters. The monoisotopic (exact) mass is 487 g/mol. The molecule has 2 amide bonds. The maximum absolute atomic E-state index is 12.4. The fraction of sp³-hybridized carbons (Fsp3) is 0.321. The molecule has 2 N–H and O–H groups in total. The van der Waals surface area contributed by atoms with Crippen LogP contribution in [0.25, 0.3) is 23.0 Å². The van der Waals surface area contributed by atoms with Crippen molar-refractivity contribution in [3.63, 3.8) is 0 Å². The second-order valence-corrected chi connectivity index (χ2v) is 8.75. The zero-order valence-electron chi connectivity index (χ0n) is 20.7. The van der Waals surface area contributed by atoms with E-state index in [2.05, 4.69) is 15.5 Å². The molecule has 36 heavy (non-hydrogen) atoms. The van der Waals surface area contributed by atoms with Gasteiger partial charge in [0.25, 0.3) is 0 Å². The summed E-state index contributed by atoms with van der Waals surface area (Å²) in [7, 11) is 1.63. The van der Waals surface area contributed by atoms with Crippen LogP contribution in [0.1, 0.15) is 24.8 Å². The molecule has 4 rings (SSSR count). The molecule has 3 aromatic rings. The first-order valence-electron chi connectivity index (χ1n) is 12.4. The van der Waals surface area contributed by atoms with Crippen LogP contribution >= 0.6 is 0 Å². The number of amides is 2. The molecule has 0 spiro atoms. The van der Waals surface area contributed by atoms with E-state index in [-0.39, 0.29) is 18.4 Å². The number of benzene rings is 2. The molecular weight excluding hydrogens is 454 g/mol. The van der Waals surface area contributed by atoms with Crippen molar-refractivity contribution in [3.8, 4) is 22.7 Å². The summed E-state index contributed by atoms with van der Waals surface area (Å²) in [5.41, 5.74) is 3.34. The predicted molar refractivity (Wildman–Crippen MR) is 141 cm³/mol. The average Bonchev–Trinajstić information content (AvgIpc) is 3.36. The van der Waals surface area contributed by atoms with Crippen LogP contribution in [0.4, 0.5) is 0 Å². The summed E-state index contributed by atoms with van der Waals surface area (Å²) in [5.74, 6) is 0.228. The first-order chi connectivity index (χ1) is 17.6. The molecule has 2 heterocycles. The van der Waals surface area contributed by atoms with Crippen LogP contribution in [-0.4, -0.2) is 66.3 Å². The summed E-state index contributed by atoms with van der Waals surface area (Å²) in [4.78, 5) is 26.9. The number of likely N-dealkylation sites (tertiary alicyclic amines) is 1. The molecule has 1 fully saturated rings. The molecule has 0 atom stereocenters. The Labute approximate surface area is 211 Å². The lowest BCUT2D eigenvalue weighted by molar-refractivity contribution is -0.123. The van der Waals surface area contributed by atoms with Crippen molar-refractivity contribution in [2.75, 3.05) is 39.8 Å². The van der Waals surface area contributed by atoms with Gasteiger partial charge in [-0.1, -0.05) is 24.6 Å². The number of carbonyl (C=O) groups excluding carboxylic acids is 2. The van der Waals surface area contributed by atoms with Crippen LogP contribution in [0.3, 0.4) is 0 Å². The molecule has 8 heteroatoms. The minimum atomic E-state index is -0.339. The van der Waals surface area contributed by atoms with Crippen LogP contribution in [0.5, 0.6) is 5.75 Å². The van der Waals surface area contributed by atoms with Gasteiger partial charge in [0.1, 0.15) is 5.75 Å². The molecule has 8 nitrogen and oxygen atoms in total. The van der Waals surface area contributed by atoms with Crippen molar-refractivity contribution in [2.24, 2.45) is 0 Å². The van der Waals surface area contributed by atoms with Crippen molar-refractivity contribution < 1.29 is 14.3 Å². The van der Waals surface area contributed by atoms with Gasteiger partial charge in [0, 0.05) is 36.5 Å². The average molecular weight is 488 g/mol. The second kappa shape index (κ2) is 12.7. The molecule has 0 radical (unpaired) electrons. The van der Waals surface area contributed by atoms with Crippen molar-refractivity contribution in [2.45, 2.75) is 19.3 Å². The minimum Gasteiger partial charge on any atom is -0.497 e. The van der Waals surface area contributed by atoms with Gasteiger partial charge >= 0.3 is 0 Å². The molecule has 1 aliphatic rings. The van der Waals surface area contributed by atoms with Crippen LogP contribution in [0.15, 0.2) is 66.9 Å². The Morgan fingerprint density at radius 2 is 1.75 bits per heavy atom. The molecule has 2 aromatic carbocycles. The smallest absolute Gasteiger partial charge is 0.244 e. The lowest BCUT2D eigenvalue weighted by Crippen LogP contribution is -2.41. The maximum atomic E-state index is 12.4. The molecule has 188 valence electrons. The van der Waals surface area contributed by atoms with E-state index in [4.69, 9.17) is 9.84 Å². The van der Waals surface area contributed by atoms with Gasteiger partial charge in [0.2, 0.25) is 11.8 Å². The Balaban J connectivity index is 1.37. The number of ether oxygens (including phenoxy) is 1. The number of carbonyl (C=O) groups is 2. The van der Waals surface area contributed by atoms with Crippen LogP contribution < -0.4 is 15.4 Å².